The van der Waals surface area contributed by atoms with Gasteiger partial charge in [0.2, 0.25) is 0 Å². The summed E-state index contributed by atoms with van der Waals surface area (Å²) in [6, 6.07) is 0. The van der Waals surface area contributed by atoms with Gasteiger partial charge in [-0.3, -0.25) is 0 Å². The van der Waals surface area contributed by atoms with E-state index in [1.165, 1.54) is 11.8 Å². The van der Waals surface area contributed by atoms with E-state index < -0.39 is 0 Å². The summed E-state index contributed by atoms with van der Waals surface area (Å²) in [6.45, 7) is 3.60. The van der Waals surface area contributed by atoms with Crippen molar-refractivity contribution < 1.29 is 0 Å². The molecule has 1 aromatic heterocycles. The van der Waals surface area contributed by atoms with Crippen molar-refractivity contribution >= 4 is 17.8 Å². The third kappa shape index (κ3) is 1.57. The largest absolute Gasteiger partial charge is 0.231 e. The minimum Gasteiger partial charge on any atom is -0.231 e. The third-order valence-corrected chi connectivity index (χ3v) is 1.64. The zero-order valence-electron chi connectivity index (χ0n) is 5.74. The molecule has 1 rings (SSSR count). The Kier molecular flexibility index (Phi) is 2.45. The molecule has 0 spiro atoms. The minimum absolute atomic E-state index is 0.797. The van der Waals surface area contributed by atoms with Gasteiger partial charge in [0.05, 0.1) is 0 Å². The molecular formula is C7H8N2S. The van der Waals surface area contributed by atoms with Gasteiger partial charge < -0.3 is 0 Å². The molecule has 0 N–H and O–H groups in total. The van der Waals surface area contributed by atoms with Gasteiger partial charge in [0.25, 0.3) is 0 Å². The fourth-order valence-corrected chi connectivity index (χ4v) is 0.853. The maximum absolute atomic E-state index is 4.05. The molecule has 0 atom stereocenters. The highest BCUT2D eigenvalue weighted by atomic mass is 32.2. The van der Waals surface area contributed by atoms with E-state index in [0.29, 0.717) is 0 Å². The van der Waals surface area contributed by atoms with Crippen LogP contribution < -0.4 is 0 Å². The van der Waals surface area contributed by atoms with Gasteiger partial charge in [0.15, 0.2) is 5.16 Å². The van der Waals surface area contributed by atoms with E-state index in [4.69, 9.17) is 0 Å². The van der Waals surface area contributed by atoms with E-state index >= 15 is 0 Å². The van der Waals surface area contributed by atoms with Crippen molar-refractivity contribution in [3.8, 4) is 0 Å². The van der Waals surface area contributed by atoms with E-state index in [1.54, 1.807) is 18.5 Å². The lowest BCUT2D eigenvalue weighted by Gasteiger charge is -1.92. The topological polar surface area (TPSA) is 25.8 Å². The van der Waals surface area contributed by atoms with Crippen LogP contribution >= 0.6 is 11.8 Å². The maximum atomic E-state index is 4.05. The Morgan fingerprint density at radius 2 is 2.10 bits per heavy atom. The Morgan fingerprint density at radius 1 is 1.50 bits per heavy atom. The molecule has 0 saturated heterocycles. The van der Waals surface area contributed by atoms with Crippen molar-refractivity contribution in [1.82, 2.24) is 9.97 Å². The molecule has 0 aromatic carbocycles. The van der Waals surface area contributed by atoms with Gasteiger partial charge in [-0.1, -0.05) is 24.4 Å². The molecule has 0 aliphatic carbocycles. The molecule has 1 aromatic rings. The molecule has 52 valence electrons. The third-order valence-electron chi connectivity index (χ3n) is 1.07. The van der Waals surface area contributed by atoms with Gasteiger partial charge in [-0.15, -0.1) is 0 Å². The summed E-state index contributed by atoms with van der Waals surface area (Å²) in [5, 5.41) is 0.797. The number of thioether (sulfide) groups is 1. The molecule has 2 nitrogen and oxygen atoms in total. The van der Waals surface area contributed by atoms with E-state index in [0.717, 1.165) is 10.7 Å². The molecule has 0 aliphatic heterocycles. The van der Waals surface area contributed by atoms with Gasteiger partial charge in [-0.2, -0.15) is 0 Å². The number of rotatable bonds is 2. The summed E-state index contributed by atoms with van der Waals surface area (Å²) in [5.74, 6) is 0. The Bertz CT molecular complexity index is 218. The molecule has 0 bridgehead atoms. The number of aromatic nitrogens is 2. The van der Waals surface area contributed by atoms with Gasteiger partial charge in [0, 0.05) is 18.0 Å². The standard InChI is InChI=1S/C7H8N2S/c1-3-6-4-8-7(10-2)9-5-6/h3-5H,1H2,2H3. The lowest BCUT2D eigenvalue weighted by atomic mass is 10.3. The van der Waals surface area contributed by atoms with Crippen LogP contribution in [0.3, 0.4) is 0 Å². The summed E-state index contributed by atoms with van der Waals surface area (Å²) in [5.41, 5.74) is 0.956. The zero-order chi connectivity index (χ0) is 7.40. The summed E-state index contributed by atoms with van der Waals surface area (Å²) >= 11 is 1.53. The molecule has 0 radical (unpaired) electrons. The Morgan fingerprint density at radius 3 is 2.50 bits per heavy atom. The monoisotopic (exact) mass is 152 g/mol. The maximum Gasteiger partial charge on any atom is 0.187 e. The summed E-state index contributed by atoms with van der Waals surface area (Å²) in [6.07, 6.45) is 7.19. The van der Waals surface area contributed by atoms with E-state index in [-0.39, 0.29) is 0 Å². The lowest BCUT2D eigenvalue weighted by Crippen LogP contribution is -1.84. The summed E-state index contributed by atoms with van der Waals surface area (Å²) in [4.78, 5) is 8.10. The second-order valence-corrected chi connectivity index (χ2v) is 2.48. The molecule has 1 heterocycles. The predicted molar refractivity (Wildman–Crippen MR) is 43.9 cm³/mol. The van der Waals surface area contributed by atoms with Crippen LogP contribution in [-0.4, -0.2) is 16.2 Å². The molecule has 0 aliphatic rings. The van der Waals surface area contributed by atoms with Crippen molar-refractivity contribution in [3.05, 3.63) is 24.5 Å². The summed E-state index contributed by atoms with van der Waals surface area (Å²) < 4.78 is 0. The SMILES string of the molecule is C=Cc1cnc(SC)nc1. The van der Waals surface area contributed by atoms with Gasteiger partial charge in [0.1, 0.15) is 0 Å². The highest BCUT2D eigenvalue weighted by molar-refractivity contribution is 7.98. The quantitative estimate of drug-likeness (QED) is 0.477. The molecule has 3 heteroatoms. The average molecular weight is 152 g/mol. The van der Waals surface area contributed by atoms with Crippen LogP contribution in [0.25, 0.3) is 6.08 Å². The second-order valence-electron chi connectivity index (χ2n) is 1.71. The smallest absolute Gasteiger partial charge is 0.187 e. The van der Waals surface area contributed by atoms with Crippen LogP contribution in [-0.2, 0) is 0 Å². The van der Waals surface area contributed by atoms with Gasteiger partial charge in [-0.25, -0.2) is 9.97 Å². The van der Waals surface area contributed by atoms with E-state index in [9.17, 15) is 0 Å². The molecule has 0 unspecified atom stereocenters. The van der Waals surface area contributed by atoms with Crippen molar-refractivity contribution in [2.24, 2.45) is 0 Å². The number of hydrogen-bond donors (Lipinski definition) is 0. The van der Waals surface area contributed by atoms with Crippen molar-refractivity contribution in [3.63, 3.8) is 0 Å². The minimum atomic E-state index is 0.797. The van der Waals surface area contributed by atoms with E-state index in [1.807, 2.05) is 6.26 Å². The normalized spacial score (nSPS) is 9.30. The zero-order valence-corrected chi connectivity index (χ0v) is 6.56. The van der Waals surface area contributed by atoms with Crippen molar-refractivity contribution in [2.75, 3.05) is 6.26 Å². The second kappa shape index (κ2) is 3.37. The van der Waals surface area contributed by atoms with Gasteiger partial charge in [-0.05, 0) is 6.26 Å². The molecule has 0 fully saturated rings. The van der Waals surface area contributed by atoms with Crippen LogP contribution in [0.5, 0.6) is 0 Å². The van der Waals surface area contributed by atoms with Gasteiger partial charge >= 0.3 is 0 Å². The first-order valence-electron chi connectivity index (χ1n) is 2.85. The first-order chi connectivity index (χ1) is 4.86. The molecule has 0 saturated carbocycles. The predicted octanol–water partition coefficient (Wildman–Crippen LogP) is 1.84. The molecular weight excluding hydrogens is 144 g/mol. The first kappa shape index (κ1) is 7.28. The highest BCUT2D eigenvalue weighted by Gasteiger charge is 1.90. The van der Waals surface area contributed by atoms with Crippen LogP contribution in [0.15, 0.2) is 24.1 Å². The lowest BCUT2D eigenvalue weighted by molar-refractivity contribution is 0.966. The molecule has 0 amide bonds. The first-order valence-corrected chi connectivity index (χ1v) is 4.08. The summed E-state index contributed by atoms with van der Waals surface area (Å²) in [7, 11) is 0. The Labute approximate surface area is 64.4 Å². The van der Waals surface area contributed by atoms with Crippen LogP contribution in [0.2, 0.25) is 0 Å². The van der Waals surface area contributed by atoms with Crippen LogP contribution in [0, 0.1) is 0 Å². The van der Waals surface area contributed by atoms with Crippen LogP contribution in [0.4, 0.5) is 0 Å². The Hall–Kier alpha value is -0.830. The van der Waals surface area contributed by atoms with Crippen molar-refractivity contribution in [2.45, 2.75) is 5.16 Å². The van der Waals surface area contributed by atoms with Crippen molar-refractivity contribution in [1.29, 1.82) is 0 Å². The molecule has 10 heavy (non-hydrogen) atoms. The highest BCUT2D eigenvalue weighted by Crippen LogP contribution is 2.06. The fraction of sp³-hybridized carbons (Fsp3) is 0.143. The number of hydrogen-bond acceptors (Lipinski definition) is 3. The number of nitrogens with zero attached hydrogens (tertiary/aromatic N) is 2. The van der Waals surface area contributed by atoms with Crippen LogP contribution in [0.1, 0.15) is 5.56 Å². The van der Waals surface area contributed by atoms with E-state index in [2.05, 4.69) is 16.5 Å². The Balaban J connectivity index is 2.90. The fourth-order valence-electron chi connectivity index (χ4n) is 0.537. The average Bonchev–Trinajstić information content (AvgIpc) is 2.05.